The first-order valence-electron chi connectivity index (χ1n) is 9.65. The van der Waals surface area contributed by atoms with Crippen LogP contribution in [0.5, 0.6) is 11.5 Å². The molecule has 0 bridgehead atoms. The summed E-state index contributed by atoms with van der Waals surface area (Å²) >= 11 is 0. The van der Waals surface area contributed by atoms with E-state index in [2.05, 4.69) is 29.4 Å². The number of amides is 1. The number of aromatic amines is 1. The Bertz CT molecular complexity index is 979. The molecule has 0 aliphatic rings. The van der Waals surface area contributed by atoms with E-state index in [-0.39, 0.29) is 12.3 Å². The van der Waals surface area contributed by atoms with Crippen molar-refractivity contribution in [3.05, 3.63) is 59.8 Å². The molecule has 3 rings (SSSR count). The Hall–Kier alpha value is -3.28. The predicted molar refractivity (Wildman–Crippen MR) is 114 cm³/mol. The number of hydrogen-bond donors (Lipinski definition) is 2. The molecular formula is C23H27N3O3. The van der Waals surface area contributed by atoms with Crippen LogP contribution in [0.3, 0.4) is 0 Å². The lowest BCUT2D eigenvalue weighted by molar-refractivity contribution is -0.115. The van der Waals surface area contributed by atoms with Crippen molar-refractivity contribution in [2.24, 2.45) is 5.92 Å². The Morgan fingerprint density at radius 1 is 1.10 bits per heavy atom. The number of ether oxygens (including phenoxy) is 2. The largest absolute Gasteiger partial charge is 0.497 e. The molecule has 1 amide bonds. The van der Waals surface area contributed by atoms with E-state index in [1.807, 2.05) is 48.5 Å². The van der Waals surface area contributed by atoms with E-state index in [0.717, 1.165) is 29.0 Å². The van der Waals surface area contributed by atoms with E-state index in [0.29, 0.717) is 23.0 Å². The van der Waals surface area contributed by atoms with Gasteiger partial charge in [0, 0.05) is 5.56 Å². The van der Waals surface area contributed by atoms with Gasteiger partial charge in [-0.25, -0.2) is 0 Å². The van der Waals surface area contributed by atoms with Gasteiger partial charge in [0.25, 0.3) is 0 Å². The standard InChI is InChI=1S/C23H27N3O3/c1-15(2)12-19-23(22(26-25-19)18-10-5-6-11-20(18)29-4)24-21(27)14-16-8-7-9-17(13-16)28-3/h5-11,13,15H,12,14H2,1-4H3,(H,24,27)(H,25,26). The maximum Gasteiger partial charge on any atom is 0.228 e. The highest BCUT2D eigenvalue weighted by atomic mass is 16.5. The number of nitrogens with one attached hydrogen (secondary N) is 2. The predicted octanol–water partition coefficient (Wildman–Crippen LogP) is 4.47. The zero-order chi connectivity index (χ0) is 20.8. The number of H-pyrrole nitrogens is 1. The number of anilines is 1. The van der Waals surface area contributed by atoms with Crippen LogP contribution >= 0.6 is 0 Å². The van der Waals surface area contributed by atoms with Crippen molar-refractivity contribution >= 4 is 11.6 Å². The lowest BCUT2D eigenvalue weighted by atomic mass is 10.0. The number of para-hydroxylation sites is 1. The smallest absolute Gasteiger partial charge is 0.228 e. The summed E-state index contributed by atoms with van der Waals surface area (Å²) < 4.78 is 10.7. The van der Waals surface area contributed by atoms with E-state index in [1.54, 1.807) is 14.2 Å². The Morgan fingerprint density at radius 3 is 2.62 bits per heavy atom. The Kier molecular flexibility index (Phi) is 6.54. The van der Waals surface area contributed by atoms with Crippen molar-refractivity contribution in [1.29, 1.82) is 0 Å². The molecule has 2 N–H and O–H groups in total. The highest BCUT2D eigenvalue weighted by molar-refractivity contribution is 5.97. The molecule has 0 unspecified atom stereocenters. The fourth-order valence-electron chi connectivity index (χ4n) is 3.26. The van der Waals surface area contributed by atoms with E-state index >= 15 is 0 Å². The fourth-order valence-corrected chi connectivity index (χ4v) is 3.26. The molecule has 6 heteroatoms. The van der Waals surface area contributed by atoms with Gasteiger partial charge in [-0.2, -0.15) is 5.10 Å². The van der Waals surface area contributed by atoms with Crippen molar-refractivity contribution < 1.29 is 14.3 Å². The van der Waals surface area contributed by atoms with E-state index in [1.165, 1.54) is 0 Å². The molecule has 29 heavy (non-hydrogen) atoms. The minimum absolute atomic E-state index is 0.110. The molecule has 0 saturated heterocycles. The number of nitrogens with zero attached hydrogens (tertiary/aromatic N) is 1. The molecule has 0 saturated carbocycles. The first-order chi connectivity index (χ1) is 14.0. The minimum Gasteiger partial charge on any atom is -0.497 e. The zero-order valence-electron chi connectivity index (χ0n) is 17.3. The van der Waals surface area contributed by atoms with Crippen molar-refractivity contribution in [1.82, 2.24) is 10.2 Å². The van der Waals surface area contributed by atoms with Crippen LogP contribution in [-0.4, -0.2) is 30.3 Å². The summed E-state index contributed by atoms with van der Waals surface area (Å²) in [5.41, 5.74) is 4.00. The summed E-state index contributed by atoms with van der Waals surface area (Å²) in [6.45, 7) is 4.26. The van der Waals surface area contributed by atoms with Crippen LogP contribution in [0.25, 0.3) is 11.3 Å². The van der Waals surface area contributed by atoms with Crippen molar-refractivity contribution in [3.63, 3.8) is 0 Å². The van der Waals surface area contributed by atoms with Crippen molar-refractivity contribution in [2.75, 3.05) is 19.5 Å². The molecule has 3 aromatic rings. The van der Waals surface area contributed by atoms with Crippen LogP contribution < -0.4 is 14.8 Å². The summed E-state index contributed by atoms with van der Waals surface area (Å²) in [6.07, 6.45) is 1.02. The third-order valence-electron chi connectivity index (χ3n) is 4.58. The lowest BCUT2D eigenvalue weighted by Crippen LogP contribution is -2.16. The van der Waals surface area contributed by atoms with Gasteiger partial charge in [-0.1, -0.05) is 38.1 Å². The Balaban J connectivity index is 1.91. The summed E-state index contributed by atoms with van der Waals surface area (Å²) in [5.74, 6) is 1.74. The van der Waals surface area contributed by atoms with Crippen molar-refractivity contribution in [2.45, 2.75) is 26.7 Å². The van der Waals surface area contributed by atoms with Gasteiger partial charge in [-0.05, 0) is 42.2 Å². The van der Waals surface area contributed by atoms with Crippen LogP contribution in [0.1, 0.15) is 25.1 Å². The Morgan fingerprint density at radius 2 is 1.90 bits per heavy atom. The van der Waals surface area contributed by atoms with Crippen LogP contribution in [0.4, 0.5) is 5.69 Å². The monoisotopic (exact) mass is 393 g/mol. The van der Waals surface area contributed by atoms with Gasteiger partial charge in [0.15, 0.2) is 0 Å². The minimum atomic E-state index is -0.110. The number of benzene rings is 2. The molecule has 6 nitrogen and oxygen atoms in total. The van der Waals surface area contributed by atoms with Crippen LogP contribution in [0, 0.1) is 5.92 Å². The summed E-state index contributed by atoms with van der Waals surface area (Å²) in [4.78, 5) is 12.8. The summed E-state index contributed by atoms with van der Waals surface area (Å²) in [5, 5.41) is 10.7. The molecule has 0 radical (unpaired) electrons. The number of aromatic nitrogens is 2. The average molecular weight is 393 g/mol. The molecule has 1 heterocycles. The van der Waals surface area contributed by atoms with Gasteiger partial charge in [-0.3, -0.25) is 9.89 Å². The fraction of sp³-hybridized carbons (Fsp3) is 0.304. The maximum atomic E-state index is 12.8. The second-order valence-electron chi connectivity index (χ2n) is 7.30. The SMILES string of the molecule is COc1cccc(CC(=O)Nc2c(-c3ccccc3OC)n[nH]c2CC(C)C)c1. The van der Waals surface area contributed by atoms with Gasteiger partial charge >= 0.3 is 0 Å². The molecule has 0 fully saturated rings. The van der Waals surface area contributed by atoms with Gasteiger partial charge < -0.3 is 14.8 Å². The molecule has 0 spiro atoms. The molecule has 0 atom stereocenters. The number of methoxy groups -OCH3 is 2. The highest BCUT2D eigenvalue weighted by Crippen LogP contribution is 2.35. The summed E-state index contributed by atoms with van der Waals surface area (Å²) in [6, 6.07) is 15.2. The van der Waals surface area contributed by atoms with Crippen LogP contribution in [0.2, 0.25) is 0 Å². The third-order valence-corrected chi connectivity index (χ3v) is 4.58. The zero-order valence-corrected chi connectivity index (χ0v) is 17.3. The highest BCUT2D eigenvalue weighted by Gasteiger charge is 2.20. The van der Waals surface area contributed by atoms with E-state index < -0.39 is 0 Å². The van der Waals surface area contributed by atoms with E-state index in [4.69, 9.17) is 9.47 Å². The molecule has 152 valence electrons. The quantitative estimate of drug-likeness (QED) is 0.592. The first-order valence-corrected chi connectivity index (χ1v) is 9.65. The second-order valence-corrected chi connectivity index (χ2v) is 7.30. The van der Waals surface area contributed by atoms with Crippen LogP contribution in [0.15, 0.2) is 48.5 Å². The van der Waals surface area contributed by atoms with Crippen LogP contribution in [-0.2, 0) is 17.6 Å². The van der Waals surface area contributed by atoms with Crippen molar-refractivity contribution in [3.8, 4) is 22.8 Å². The maximum absolute atomic E-state index is 12.8. The molecule has 1 aromatic heterocycles. The normalized spacial score (nSPS) is 10.8. The molecular weight excluding hydrogens is 366 g/mol. The third kappa shape index (κ3) is 4.96. The van der Waals surface area contributed by atoms with Gasteiger partial charge in [0.05, 0.1) is 32.0 Å². The number of carbonyl (C=O) groups excluding carboxylic acids is 1. The Labute approximate surface area is 171 Å². The lowest BCUT2D eigenvalue weighted by Gasteiger charge is -2.12. The molecule has 2 aromatic carbocycles. The average Bonchev–Trinajstić information content (AvgIpc) is 3.09. The van der Waals surface area contributed by atoms with Gasteiger partial charge in [0.2, 0.25) is 5.91 Å². The molecule has 0 aliphatic heterocycles. The molecule has 0 aliphatic carbocycles. The number of rotatable bonds is 8. The number of hydrogen-bond acceptors (Lipinski definition) is 4. The summed E-state index contributed by atoms with van der Waals surface area (Å²) in [7, 11) is 3.24. The first kappa shape index (κ1) is 20.5. The van der Waals surface area contributed by atoms with E-state index in [9.17, 15) is 4.79 Å². The topological polar surface area (TPSA) is 76.2 Å². The van der Waals surface area contributed by atoms with Gasteiger partial charge in [0.1, 0.15) is 17.2 Å². The van der Waals surface area contributed by atoms with Gasteiger partial charge in [-0.15, -0.1) is 0 Å². The second kappa shape index (κ2) is 9.28. The number of carbonyl (C=O) groups is 1.